The summed E-state index contributed by atoms with van der Waals surface area (Å²) in [6.07, 6.45) is 1.65. The Morgan fingerprint density at radius 2 is 2.05 bits per heavy atom. The van der Waals surface area contributed by atoms with Crippen molar-refractivity contribution in [2.75, 3.05) is 11.1 Å². The first kappa shape index (κ1) is 13.9. The number of amides is 1. The number of aryl methyl sites for hydroxylation is 1. The highest BCUT2D eigenvalue weighted by molar-refractivity contribution is 5.98. The van der Waals surface area contributed by atoms with Gasteiger partial charge in [0.05, 0.1) is 5.56 Å². The molecule has 0 aliphatic heterocycles. The van der Waals surface area contributed by atoms with Crippen LogP contribution in [0, 0.1) is 13.8 Å². The molecule has 0 spiro atoms. The van der Waals surface area contributed by atoms with Gasteiger partial charge in [-0.25, -0.2) is 4.98 Å². The van der Waals surface area contributed by atoms with Crippen LogP contribution in [0.3, 0.4) is 0 Å². The van der Waals surface area contributed by atoms with Gasteiger partial charge in [-0.15, -0.1) is 0 Å². The fourth-order valence-corrected chi connectivity index (χ4v) is 2.08. The van der Waals surface area contributed by atoms with Crippen LogP contribution in [0.1, 0.15) is 27.0 Å². The second-order valence-corrected chi connectivity index (χ2v) is 4.70. The third kappa shape index (κ3) is 2.71. The monoisotopic (exact) mass is 270 g/mol. The Morgan fingerprint density at radius 1 is 1.30 bits per heavy atom. The number of aromatic nitrogens is 1. The van der Waals surface area contributed by atoms with E-state index in [2.05, 4.69) is 10.3 Å². The topological polar surface area (TPSA) is 94.0 Å². The van der Waals surface area contributed by atoms with Crippen molar-refractivity contribution in [2.45, 2.75) is 20.4 Å². The van der Waals surface area contributed by atoms with Crippen LogP contribution in [0.15, 0.2) is 30.5 Å². The maximum Gasteiger partial charge on any atom is 0.252 e. The number of nitrogen functional groups attached to an aromatic ring is 1. The van der Waals surface area contributed by atoms with Gasteiger partial charge >= 0.3 is 0 Å². The number of nitrogens with zero attached hydrogens (tertiary/aromatic N) is 1. The van der Waals surface area contributed by atoms with E-state index in [1.807, 2.05) is 32.0 Å². The number of primary amides is 1. The lowest BCUT2D eigenvalue weighted by Gasteiger charge is -2.13. The van der Waals surface area contributed by atoms with Crippen molar-refractivity contribution in [3.05, 3.63) is 52.7 Å². The third-order valence-electron chi connectivity index (χ3n) is 3.34. The van der Waals surface area contributed by atoms with Crippen LogP contribution in [0.2, 0.25) is 0 Å². The van der Waals surface area contributed by atoms with Gasteiger partial charge in [0.1, 0.15) is 5.82 Å². The summed E-state index contributed by atoms with van der Waals surface area (Å²) in [5.74, 6) is 0.0155. The predicted molar refractivity (Wildman–Crippen MR) is 80.4 cm³/mol. The van der Waals surface area contributed by atoms with Crippen LogP contribution in [-0.4, -0.2) is 10.9 Å². The number of nitrogens with one attached hydrogen (secondary N) is 1. The second-order valence-electron chi connectivity index (χ2n) is 4.70. The molecule has 5 nitrogen and oxygen atoms in total. The Balaban J connectivity index is 2.26. The summed E-state index contributed by atoms with van der Waals surface area (Å²) < 4.78 is 0. The first-order chi connectivity index (χ1) is 9.50. The van der Waals surface area contributed by atoms with Crippen molar-refractivity contribution in [3.63, 3.8) is 0 Å². The van der Waals surface area contributed by atoms with E-state index >= 15 is 0 Å². The molecule has 2 aromatic rings. The maximum absolute atomic E-state index is 11.5. The van der Waals surface area contributed by atoms with E-state index in [1.54, 1.807) is 12.3 Å². The van der Waals surface area contributed by atoms with Crippen LogP contribution < -0.4 is 16.8 Å². The van der Waals surface area contributed by atoms with Gasteiger partial charge in [-0.05, 0) is 42.7 Å². The summed E-state index contributed by atoms with van der Waals surface area (Å²) in [5, 5.41) is 3.15. The molecule has 20 heavy (non-hydrogen) atoms. The molecule has 5 N–H and O–H groups in total. The maximum atomic E-state index is 11.5. The average Bonchev–Trinajstić information content (AvgIpc) is 2.40. The summed E-state index contributed by atoms with van der Waals surface area (Å²) in [5.41, 5.74) is 15.3. The fraction of sp³-hybridized carbons (Fsp3) is 0.200. The molecule has 0 fully saturated rings. The lowest BCUT2D eigenvalue weighted by atomic mass is 10.1. The molecule has 1 aromatic carbocycles. The summed E-state index contributed by atoms with van der Waals surface area (Å²) in [4.78, 5) is 15.7. The normalized spacial score (nSPS) is 10.3. The third-order valence-corrected chi connectivity index (χ3v) is 3.34. The summed E-state index contributed by atoms with van der Waals surface area (Å²) in [7, 11) is 0. The average molecular weight is 270 g/mol. The highest BCUT2D eigenvalue weighted by atomic mass is 16.1. The highest BCUT2D eigenvalue weighted by Gasteiger charge is 2.12. The summed E-state index contributed by atoms with van der Waals surface area (Å²) in [6, 6.07) is 7.51. The van der Waals surface area contributed by atoms with E-state index < -0.39 is 5.91 Å². The van der Waals surface area contributed by atoms with Crippen molar-refractivity contribution in [2.24, 2.45) is 5.73 Å². The zero-order valence-electron chi connectivity index (χ0n) is 11.6. The molecule has 5 heteroatoms. The number of hydrogen-bond acceptors (Lipinski definition) is 4. The van der Waals surface area contributed by atoms with Crippen molar-refractivity contribution < 1.29 is 4.79 Å². The number of pyridine rings is 1. The zero-order chi connectivity index (χ0) is 14.7. The van der Waals surface area contributed by atoms with Gasteiger partial charge < -0.3 is 16.8 Å². The molecule has 0 atom stereocenters. The van der Waals surface area contributed by atoms with E-state index in [1.165, 1.54) is 0 Å². The van der Waals surface area contributed by atoms with Gasteiger partial charge in [-0.2, -0.15) is 0 Å². The van der Waals surface area contributed by atoms with Crippen LogP contribution in [-0.2, 0) is 6.54 Å². The number of nitrogens with two attached hydrogens (primary N) is 2. The van der Waals surface area contributed by atoms with Crippen LogP contribution in [0.25, 0.3) is 0 Å². The van der Waals surface area contributed by atoms with Crippen LogP contribution >= 0.6 is 0 Å². The Labute approximate surface area is 118 Å². The summed E-state index contributed by atoms with van der Waals surface area (Å²) >= 11 is 0. The van der Waals surface area contributed by atoms with Gasteiger partial charge in [0.15, 0.2) is 0 Å². The second kappa shape index (κ2) is 5.61. The number of hydrogen-bond donors (Lipinski definition) is 3. The van der Waals surface area contributed by atoms with Crippen molar-refractivity contribution >= 4 is 17.4 Å². The smallest absolute Gasteiger partial charge is 0.252 e. The van der Waals surface area contributed by atoms with Gasteiger partial charge in [-0.3, -0.25) is 4.79 Å². The molecule has 0 radical (unpaired) electrons. The van der Waals surface area contributed by atoms with Gasteiger partial charge in [-0.1, -0.05) is 12.1 Å². The number of carbonyl (C=O) groups excluding carboxylic acids is 1. The Hall–Kier alpha value is -2.56. The van der Waals surface area contributed by atoms with Gasteiger partial charge in [0.2, 0.25) is 0 Å². The number of rotatable bonds is 4. The molecular formula is C15H18N4O. The molecule has 2 rings (SSSR count). The first-order valence-corrected chi connectivity index (χ1v) is 6.34. The highest BCUT2D eigenvalue weighted by Crippen LogP contribution is 2.19. The Kier molecular flexibility index (Phi) is 3.89. The van der Waals surface area contributed by atoms with E-state index in [4.69, 9.17) is 11.5 Å². The molecule has 0 unspecified atom stereocenters. The van der Waals surface area contributed by atoms with E-state index in [0.29, 0.717) is 17.9 Å². The first-order valence-electron chi connectivity index (χ1n) is 6.34. The Morgan fingerprint density at radius 3 is 2.75 bits per heavy atom. The van der Waals surface area contributed by atoms with Gasteiger partial charge in [0, 0.05) is 18.4 Å². The molecule has 1 heterocycles. The number of anilines is 2. The minimum Gasteiger partial charge on any atom is -0.399 e. The quantitative estimate of drug-likeness (QED) is 0.740. The molecular weight excluding hydrogens is 252 g/mol. The zero-order valence-corrected chi connectivity index (χ0v) is 11.6. The number of carbonyl (C=O) groups is 1. The standard InChI is InChI=1S/C15H18N4O/c1-9-6-7-18-15(13(9)14(17)20)19-8-11-4-3-5-12(16)10(11)2/h3-7H,8,16H2,1-2H3,(H2,17,20)(H,18,19). The van der Waals surface area contributed by atoms with Crippen molar-refractivity contribution in [1.82, 2.24) is 4.98 Å². The lowest BCUT2D eigenvalue weighted by Crippen LogP contribution is -2.17. The summed E-state index contributed by atoms with van der Waals surface area (Å²) in [6.45, 7) is 4.33. The lowest BCUT2D eigenvalue weighted by molar-refractivity contribution is 0.1000. The fourth-order valence-electron chi connectivity index (χ4n) is 2.08. The molecule has 0 aliphatic rings. The molecule has 0 saturated heterocycles. The molecule has 0 bridgehead atoms. The molecule has 104 valence electrons. The van der Waals surface area contributed by atoms with Crippen molar-refractivity contribution in [3.8, 4) is 0 Å². The molecule has 0 aliphatic carbocycles. The minimum absolute atomic E-state index is 0.425. The SMILES string of the molecule is Cc1ccnc(NCc2cccc(N)c2C)c1C(N)=O. The van der Waals surface area contributed by atoms with Crippen LogP contribution in [0.4, 0.5) is 11.5 Å². The van der Waals surface area contributed by atoms with Gasteiger partial charge in [0.25, 0.3) is 5.91 Å². The molecule has 1 amide bonds. The van der Waals surface area contributed by atoms with Crippen molar-refractivity contribution in [1.29, 1.82) is 0 Å². The van der Waals surface area contributed by atoms with Crippen LogP contribution in [0.5, 0.6) is 0 Å². The molecule has 0 saturated carbocycles. The number of benzene rings is 1. The largest absolute Gasteiger partial charge is 0.399 e. The minimum atomic E-state index is -0.484. The Bertz CT molecular complexity index is 652. The van der Waals surface area contributed by atoms with E-state index in [0.717, 1.165) is 22.4 Å². The molecule has 1 aromatic heterocycles. The predicted octanol–water partition coefficient (Wildman–Crippen LogP) is 1.99. The van der Waals surface area contributed by atoms with E-state index in [9.17, 15) is 4.79 Å². The van der Waals surface area contributed by atoms with E-state index in [-0.39, 0.29) is 0 Å².